The SMILES string of the molecule is NCC(O)c1ccc2cnc(C3CCC3)n2c1. The quantitative estimate of drug-likeness (QED) is 0.843. The third-order valence-corrected chi connectivity index (χ3v) is 3.66. The summed E-state index contributed by atoms with van der Waals surface area (Å²) in [6.07, 6.45) is 7.02. The Morgan fingerprint density at radius 2 is 2.29 bits per heavy atom. The number of aliphatic hydroxyl groups excluding tert-OH is 1. The van der Waals surface area contributed by atoms with Crippen LogP contribution in [0.25, 0.3) is 5.52 Å². The Morgan fingerprint density at radius 1 is 1.47 bits per heavy atom. The molecule has 1 aliphatic carbocycles. The van der Waals surface area contributed by atoms with Gasteiger partial charge in [0.05, 0.1) is 17.8 Å². The predicted molar refractivity (Wildman–Crippen MR) is 65.8 cm³/mol. The van der Waals surface area contributed by atoms with E-state index in [-0.39, 0.29) is 6.54 Å². The molecular formula is C13H17N3O. The molecule has 1 unspecified atom stereocenters. The number of imidazole rings is 1. The van der Waals surface area contributed by atoms with Crippen LogP contribution in [0.5, 0.6) is 0 Å². The van der Waals surface area contributed by atoms with Gasteiger partial charge < -0.3 is 15.2 Å². The summed E-state index contributed by atoms with van der Waals surface area (Å²) in [5.74, 6) is 1.71. The van der Waals surface area contributed by atoms with Crippen LogP contribution in [0.2, 0.25) is 0 Å². The molecule has 17 heavy (non-hydrogen) atoms. The fraction of sp³-hybridized carbons (Fsp3) is 0.462. The van der Waals surface area contributed by atoms with Gasteiger partial charge in [-0.1, -0.05) is 12.5 Å². The number of aliphatic hydroxyl groups is 1. The normalized spacial score (nSPS) is 18.2. The van der Waals surface area contributed by atoms with Crippen molar-refractivity contribution in [3.05, 3.63) is 35.9 Å². The molecule has 4 nitrogen and oxygen atoms in total. The Kier molecular flexibility index (Phi) is 2.61. The average molecular weight is 231 g/mol. The summed E-state index contributed by atoms with van der Waals surface area (Å²) >= 11 is 0. The summed E-state index contributed by atoms with van der Waals surface area (Å²) in [6, 6.07) is 3.91. The summed E-state index contributed by atoms with van der Waals surface area (Å²) in [5, 5.41) is 9.77. The second-order valence-corrected chi connectivity index (χ2v) is 4.75. The van der Waals surface area contributed by atoms with Gasteiger partial charge in [-0.15, -0.1) is 0 Å². The zero-order valence-corrected chi connectivity index (χ0v) is 9.71. The molecule has 2 aromatic rings. The van der Waals surface area contributed by atoms with Crippen LogP contribution in [0.4, 0.5) is 0 Å². The fourth-order valence-electron chi connectivity index (χ4n) is 2.33. The molecule has 1 atom stereocenters. The summed E-state index contributed by atoms with van der Waals surface area (Å²) in [4.78, 5) is 4.49. The third-order valence-electron chi connectivity index (χ3n) is 3.66. The number of hydrogen-bond donors (Lipinski definition) is 2. The number of nitrogens with two attached hydrogens (primary N) is 1. The lowest BCUT2D eigenvalue weighted by molar-refractivity contribution is 0.186. The Hall–Kier alpha value is -1.39. The van der Waals surface area contributed by atoms with Crippen molar-refractivity contribution < 1.29 is 5.11 Å². The van der Waals surface area contributed by atoms with Crippen LogP contribution in [0.1, 0.15) is 42.7 Å². The van der Waals surface area contributed by atoms with Crippen molar-refractivity contribution in [3.63, 3.8) is 0 Å². The monoisotopic (exact) mass is 231 g/mol. The second-order valence-electron chi connectivity index (χ2n) is 4.75. The number of rotatable bonds is 3. The van der Waals surface area contributed by atoms with Crippen molar-refractivity contribution in [1.82, 2.24) is 9.38 Å². The van der Waals surface area contributed by atoms with Crippen LogP contribution in [-0.2, 0) is 0 Å². The zero-order chi connectivity index (χ0) is 11.8. The fourth-order valence-corrected chi connectivity index (χ4v) is 2.33. The van der Waals surface area contributed by atoms with Crippen LogP contribution in [0.15, 0.2) is 24.5 Å². The lowest BCUT2D eigenvalue weighted by atomic mass is 9.85. The highest BCUT2D eigenvalue weighted by Crippen LogP contribution is 2.35. The maximum absolute atomic E-state index is 9.77. The van der Waals surface area contributed by atoms with E-state index in [0.29, 0.717) is 5.92 Å². The maximum Gasteiger partial charge on any atom is 0.116 e. The van der Waals surface area contributed by atoms with E-state index in [1.54, 1.807) is 0 Å². The molecule has 0 aliphatic heterocycles. The van der Waals surface area contributed by atoms with Crippen LogP contribution in [0, 0.1) is 0 Å². The minimum absolute atomic E-state index is 0.249. The Morgan fingerprint density at radius 3 is 2.94 bits per heavy atom. The summed E-state index contributed by atoms with van der Waals surface area (Å²) in [5.41, 5.74) is 7.43. The van der Waals surface area contributed by atoms with Crippen LogP contribution in [0.3, 0.4) is 0 Å². The molecule has 1 fully saturated rings. The molecule has 2 heterocycles. The number of nitrogens with zero attached hydrogens (tertiary/aromatic N) is 2. The molecule has 4 heteroatoms. The van der Waals surface area contributed by atoms with Crippen molar-refractivity contribution >= 4 is 5.52 Å². The largest absolute Gasteiger partial charge is 0.387 e. The van der Waals surface area contributed by atoms with E-state index in [2.05, 4.69) is 9.38 Å². The van der Waals surface area contributed by atoms with Gasteiger partial charge in [0.1, 0.15) is 5.82 Å². The molecule has 0 radical (unpaired) electrons. The predicted octanol–water partition coefficient (Wildman–Crippen LogP) is 1.59. The summed E-state index contributed by atoms with van der Waals surface area (Å²) in [6.45, 7) is 0.249. The smallest absolute Gasteiger partial charge is 0.116 e. The van der Waals surface area contributed by atoms with Crippen molar-refractivity contribution in [3.8, 4) is 0 Å². The Balaban J connectivity index is 2.05. The van der Waals surface area contributed by atoms with Gasteiger partial charge in [-0.25, -0.2) is 4.98 Å². The molecule has 0 bridgehead atoms. The van der Waals surface area contributed by atoms with Gasteiger partial charge in [0, 0.05) is 18.7 Å². The number of fused-ring (bicyclic) bond motifs is 1. The third kappa shape index (κ3) is 1.73. The first-order chi connectivity index (χ1) is 8.29. The molecule has 3 N–H and O–H groups in total. The molecule has 1 saturated carbocycles. The first-order valence-corrected chi connectivity index (χ1v) is 6.14. The summed E-state index contributed by atoms with van der Waals surface area (Å²) < 4.78 is 2.10. The molecule has 1 aliphatic rings. The molecule has 90 valence electrons. The van der Waals surface area contributed by atoms with Crippen LogP contribution >= 0.6 is 0 Å². The average Bonchev–Trinajstić information content (AvgIpc) is 2.69. The van der Waals surface area contributed by atoms with Gasteiger partial charge in [0.15, 0.2) is 0 Å². The van der Waals surface area contributed by atoms with Gasteiger partial charge in [0.25, 0.3) is 0 Å². The molecule has 3 rings (SSSR count). The van der Waals surface area contributed by atoms with Gasteiger partial charge in [-0.2, -0.15) is 0 Å². The van der Waals surface area contributed by atoms with Crippen molar-refractivity contribution in [2.24, 2.45) is 5.73 Å². The molecule has 0 aromatic carbocycles. The topological polar surface area (TPSA) is 63.5 Å². The maximum atomic E-state index is 9.77. The lowest BCUT2D eigenvalue weighted by Gasteiger charge is -2.24. The van der Waals surface area contributed by atoms with E-state index in [4.69, 9.17) is 5.73 Å². The minimum atomic E-state index is -0.587. The molecule has 2 aromatic heterocycles. The Labute approximate surface area is 100 Å². The van der Waals surface area contributed by atoms with Crippen molar-refractivity contribution in [2.75, 3.05) is 6.54 Å². The number of pyridine rings is 1. The highest BCUT2D eigenvalue weighted by Gasteiger charge is 2.23. The summed E-state index contributed by atoms with van der Waals surface area (Å²) in [7, 11) is 0. The minimum Gasteiger partial charge on any atom is -0.387 e. The highest BCUT2D eigenvalue weighted by atomic mass is 16.3. The second kappa shape index (κ2) is 4.13. The lowest BCUT2D eigenvalue weighted by Crippen LogP contribution is -2.14. The molecule has 0 amide bonds. The van der Waals surface area contributed by atoms with E-state index >= 15 is 0 Å². The van der Waals surface area contributed by atoms with E-state index in [9.17, 15) is 5.11 Å². The molecule has 0 spiro atoms. The van der Waals surface area contributed by atoms with E-state index in [1.165, 1.54) is 19.3 Å². The van der Waals surface area contributed by atoms with E-state index < -0.39 is 6.10 Å². The van der Waals surface area contributed by atoms with Gasteiger partial charge in [0.2, 0.25) is 0 Å². The van der Waals surface area contributed by atoms with Crippen molar-refractivity contribution in [2.45, 2.75) is 31.3 Å². The standard InChI is InChI=1S/C13H17N3O/c14-6-12(17)10-4-5-11-7-15-13(16(11)8-10)9-2-1-3-9/h4-5,7-9,12,17H,1-3,6,14H2. The molecular weight excluding hydrogens is 214 g/mol. The van der Waals surface area contributed by atoms with Crippen LogP contribution < -0.4 is 5.73 Å². The molecule has 0 saturated heterocycles. The van der Waals surface area contributed by atoms with Gasteiger partial charge >= 0.3 is 0 Å². The highest BCUT2D eigenvalue weighted by molar-refractivity contribution is 5.48. The van der Waals surface area contributed by atoms with Crippen molar-refractivity contribution in [1.29, 1.82) is 0 Å². The first-order valence-electron chi connectivity index (χ1n) is 6.14. The number of hydrogen-bond acceptors (Lipinski definition) is 3. The van der Waals surface area contributed by atoms with Gasteiger partial charge in [-0.05, 0) is 24.5 Å². The number of aromatic nitrogens is 2. The van der Waals surface area contributed by atoms with E-state index in [0.717, 1.165) is 16.9 Å². The van der Waals surface area contributed by atoms with E-state index in [1.807, 2.05) is 24.5 Å². The zero-order valence-electron chi connectivity index (χ0n) is 9.71. The van der Waals surface area contributed by atoms with Gasteiger partial charge in [-0.3, -0.25) is 0 Å². The van der Waals surface area contributed by atoms with Crippen LogP contribution in [-0.4, -0.2) is 21.0 Å². The Bertz CT molecular complexity index is 530. The first kappa shape index (κ1) is 10.7.